The van der Waals surface area contributed by atoms with Crippen LogP contribution in [0.2, 0.25) is 0 Å². The number of aromatic nitrogens is 1. The normalized spacial score (nSPS) is 10.5. The molecule has 2 aromatic carbocycles. The number of benzene rings is 2. The molecule has 3 rings (SSSR count). The number of halogens is 1. The van der Waals surface area contributed by atoms with E-state index in [1.165, 1.54) is 11.0 Å². The Kier molecular flexibility index (Phi) is 5.94. The van der Waals surface area contributed by atoms with Crippen LogP contribution >= 0.6 is 0 Å². The Hall–Kier alpha value is -3.34. The average Bonchev–Trinajstić information content (AvgIpc) is 2.73. The first-order valence-corrected chi connectivity index (χ1v) is 9.08. The van der Waals surface area contributed by atoms with E-state index >= 15 is 0 Å². The predicted octanol–water partition coefficient (Wildman–Crippen LogP) is 4.69. The molecule has 5 heteroatoms. The Bertz CT molecular complexity index is 985. The third-order valence-electron chi connectivity index (χ3n) is 4.61. The number of nitrogens with zero attached hydrogens (tertiary/aromatic N) is 2. The molecular formula is C23H21FN2O2. The van der Waals surface area contributed by atoms with Gasteiger partial charge in [0, 0.05) is 37.8 Å². The zero-order chi connectivity index (χ0) is 20.1. The number of amides is 1. The van der Waals surface area contributed by atoms with Crippen LogP contribution in [0.15, 0.2) is 67.0 Å². The molecule has 0 bridgehead atoms. The molecule has 0 aliphatic heterocycles. The Morgan fingerprint density at radius 2 is 1.75 bits per heavy atom. The molecule has 142 valence electrons. The van der Waals surface area contributed by atoms with Crippen LogP contribution in [0.5, 0.6) is 0 Å². The summed E-state index contributed by atoms with van der Waals surface area (Å²) in [6, 6.07) is 15.5. The van der Waals surface area contributed by atoms with Gasteiger partial charge in [-0.3, -0.25) is 14.6 Å². The van der Waals surface area contributed by atoms with E-state index in [4.69, 9.17) is 0 Å². The van der Waals surface area contributed by atoms with Gasteiger partial charge in [-0.1, -0.05) is 43.3 Å². The summed E-state index contributed by atoms with van der Waals surface area (Å²) >= 11 is 0. The predicted molar refractivity (Wildman–Crippen MR) is 108 cm³/mol. The molecule has 0 aliphatic carbocycles. The maximum atomic E-state index is 14.5. The quantitative estimate of drug-likeness (QED) is 0.587. The van der Waals surface area contributed by atoms with Gasteiger partial charge >= 0.3 is 0 Å². The average molecular weight is 376 g/mol. The number of pyridine rings is 1. The second-order valence-electron chi connectivity index (χ2n) is 6.51. The van der Waals surface area contributed by atoms with Crippen molar-refractivity contribution in [2.75, 3.05) is 11.9 Å². The number of hydrogen-bond acceptors (Lipinski definition) is 3. The van der Waals surface area contributed by atoms with Crippen molar-refractivity contribution >= 4 is 17.4 Å². The molecule has 0 spiro atoms. The number of ketones is 1. The van der Waals surface area contributed by atoms with Crippen LogP contribution in [0.1, 0.15) is 29.3 Å². The molecule has 0 radical (unpaired) electrons. The molecule has 1 heterocycles. The largest absolute Gasteiger partial charge is 0.313 e. The zero-order valence-electron chi connectivity index (χ0n) is 15.9. The Labute approximate surface area is 163 Å². The number of carbonyl (C=O) groups is 2. The van der Waals surface area contributed by atoms with Crippen molar-refractivity contribution in [3.8, 4) is 11.1 Å². The molecule has 0 N–H and O–H groups in total. The highest BCUT2D eigenvalue weighted by molar-refractivity contribution is 5.98. The van der Waals surface area contributed by atoms with Crippen molar-refractivity contribution in [1.29, 1.82) is 0 Å². The topological polar surface area (TPSA) is 50.3 Å². The van der Waals surface area contributed by atoms with Gasteiger partial charge in [-0.2, -0.15) is 0 Å². The van der Waals surface area contributed by atoms with Crippen LogP contribution in [0, 0.1) is 5.82 Å². The monoisotopic (exact) mass is 376 g/mol. The summed E-state index contributed by atoms with van der Waals surface area (Å²) in [5.41, 5.74) is 3.19. The van der Waals surface area contributed by atoms with E-state index < -0.39 is 5.82 Å². The SMILES string of the molecule is CCC(=O)N(C)c1ccc(-c2ccc(C(=O)Cc3cccnc3)cc2)cc1F. The van der Waals surface area contributed by atoms with E-state index in [1.54, 1.807) is 68.8 Å². The lowest BCUT2D eigenvalue weighted by Crippen LogP contribution is -2.25. The highest BCUT2D eigenvalue weighted by atomic mass is 19.1. The number of rotatable bonds is 6. The van der Waals surface area contributed by atoms with Gasteiger partial charge in [0.05, 0.1) is 5.69 Å². The lowest BCUT2D eigenvalue weighted by atomic mass is 9.99. The van der Waals surface area contributed by atoms with Crippen LogP contribution < -0.4 is 4.90 Å². The van der Waals surface area contributed by atoms with Gasteiger partial charge in [-0.15, -0.1) is 0 Å². The summed E-state index contributed by atoms with van der Waals surface area (Å²) in [5, 5.41) is 0. The molecule has 0 saturated heterocycles. The number of carbonyl (C=O) groups excluding carboxylic acids is 2. The van der Waals surface area contributed by atoms with Crippen molar-refractivity contribution in [3.63, 3.8) is 0 Å². The second kappa shape index (κ2) is 8.57. The van der Waals surface area contributed by atoms with Gasteiger partial charge in [0.25, 0.3) is 0 Å². The smallest absolute Gasteiger partial charge is 0.226 e. The molecular weight excluding hydrogens is 355 g/mol. The molecule has 1 aromatic heterocycles. The Morgan fingerprint density at radius 3 is 2.36 bits per heavy atom. The maximum absolute atomic E-state index is 14.5. The third kappa shape index (κ3) is 4.31. The van der Waals surface area contributed by atoms with Crippen LogP contribution in [-0.4, -0.2) is 23.7 Å². The van der Waals surface area contributed by atoms with E-state index in [9.17, 15) is 14.0 Å². The minimum absolute atomic E-state index is 0.000723. The lowest BCUT2D eigenvalue weighted by molar-refractivity contribution is -0.118. The van der Waals surface area contributed by atoms with Crippen molar-refractivity contribution in [3.05, 3.63) is 83.9 Å². The third-order valence-corrected chi connectivity index (χ3v) is 4.61. The summed E-state index contributed by atoms with van der Waals surface area (Å²) in [7, 11) is 1.56. The number of anilines is 1. The summed E-state index contributed by atoms with van der Waals surface area (Å²) in [5.74, 6) is -0.609. The standard InChI is InChI=1S/C23H21FN2O2/c1-3-23(28)26(2)21-11-10-19(14-20(21)24)17-6-8-18(9-7-17)22(27)13-16-5-4-12-25-15-16/h4-12,14-15H,3,13H2,1-2H3. The van der Waals surface area contributed by atoms with Gasteiger partial charge < -0.3 is 4.90 Å². The van der Waals surface area contributed by atoms with Crippen molar-refractivity contribution < 1.29 is 14.0 Å². The van der Waals surface area contributed by atoms with Crippen LogP contribution in [-0.2, 0) is 11.2 Å². The van der Waals surface area contributed by atoms with Crippen LogP contribution in [0.25, 0.3) is 11.1 Å². The number of hydrogen-bond donors (Lipinski definition) is 0. The van der Waals surface area contributed by atoms with E-state index in [1.807, 2.05) is 6.07 Å². The highest BCUT2D eigenvalue weighted by Gasteiger charge is 2.14. The van der Waals surface area contributed by atoms with E-state index in [0.29, 0.717) is 17.5 Å². The Balaban J connectivity index is 1.77. The first kappa shape index (κ1) is 19.4. The molecule has 0 fully saturated rings. The summed E-state index contributed by atoms with van der Waals surface area (Å²) in [4.78, 5) is 29.5. The molecule has 0 unspecified atom stereocenters. The zero-order valence-corrected chi connectivity index (χ0v) is 15.9. The van der Waals surface area contributed by atoms with Gasteiger partial charge in [0.1, 0.15) is 5.82 Å². The number of Topliss-reactive ketones (excluding diaryl/α,β-unsaturated/α-hetero) is 1. The van der Waals surface area contributed by atoms with Crippen molar-refractivity contribution in [2.45, 2.75) is 19.8 Å². The molecule has 0 saturated carbocycles. The van der Waals surface area contributed by atoms with Crippen molar-refractivity contribution in [2.24, 2.45) is 0 Å². The Morgan fingerprint density at radius 1 is 1.04 bits per heavy atom. The minimum Gasteiger partial charge on any atom is -0.313 e. The maximum Gasteiger partial charge on any atom is 0.226 e. The summed E-state index contributed by atoms with van der Waals surface area (Å²) in [6.45, 7) is 1.74. The fourth-order valence-corrected chi connectivity index (χ4v) is 2.97. The molecule has 28 heavy (non-hydrogen) atoms. The van der Waals surface area contributed by atoms with Gasteiger partial charge in [-0.25, -0.2) is 4.39 Å². The summed E-state index contributed by atoms with van der Waals surface area (Å²) < 4.78 is 14.5. The molecule has 0 atom stereocenters. The van der Waals surface area contributed by atoms with Gasteiger partial charge in [-0.05, 0) is 34.9 Å². The van der Waals surface area contributed by atoms with E-state index in [2.05, 4.69) is 4.98 Å². The van der Waals surface area contributed by atoms with Crippen molar-refractivity contribution in [1.82, 2.24) is 4.98 Å². The molecule has 3 aromatic rings. The molecule has 1 amide bonds. The second-order valence-corrected chi connectivity index (χ2v) is 6.51. The lowest BCUT2D eigenvalue weighted by Gasteiger charge is -2.17. The fraction of sp³-hybridized carbons (Fsp3) is 0.174. The van der Waals surface area contributed by atoms with Gasteiger partial charge in [0.2, 0.25) is 5.91 Å². The molecule has 4 nitrogen and oxygen atoms in total. The first-order valence-electron chi connectivity index (χ1n) is 9.08. The van der Waals surface area contributed by atoms with Crippen LogP contribution in [0.3, 0.4) is 0 Å². The highest BCUT2D eigenvalue weighted by Crippen LogP contribution is 2.27. The van der Waals surface area contributed by atoms with Gasteiger partial charge in [0.15, 0.2) is 5.78 Å². The summed E-state index contributed by atoms with van der Waals surface area (Å²) in [6.07, 6.45) is 3.94. The van der Waals surface area contributed by atoms with E-state index in [-0.39, 0.29) is 23.8 Å². The van der Waals surface area contributed by atoms with E-state index in [0.717, 1.165) is 11.1 Å². The fourth-order valence-electron chi connectivity index (χ4n) is 2.97. The van der Waals surface area contributed by atoms with Crippen LogP contribution in [0.4, 0.5) is 10.1 Å². The molecule has 0 aliphatic rings. The minimum atomic E-state index is -0.460. The first-order chi connectivity index (χ1) is 13.5.